The number of ether oxygens (including phenoxy) is 1. The molecule has 0 unspecified atom stereocenters. The molecule has 0 aliphatic rings. The first-order valence-electron chi connectivity index (χ1n) is 5.69. The summed E-state index contributed by atoms with van der Waals surface area (Å²) in [5.41, 5.74) is 0. The lowest BCUT2D eigenvalue weighted by Gasteiger charge is -2.08. The van der Waals surface area contributed by atoms with Crippen LogP contribution in [0.1, 0.15) is 12.8 Å². The van der Waals surface area contributed by atoms with Gasteiger partial charge in [0.25, 0.3) is 0 Å². The van der Waals surface area contributed by atoms with Crippen LogP contribution in [0.5, 0.6) is 5.88 Å². The fraction of sp³-hybridized carbons (Fsp3) is 0.308. The number of pyridine rings is 1. The van der Waals surface area contributed by atoms with E-state index in [1.54, 1.807) is 12.3 Å². The molecule has 1 aromatic heterocycles. The number of fused-ring (bicyclic) bond motifs is 1. The molecule has 0 aliphatic carbocycles. The van der Waals surface area contributed by atoms with Crippen molar-refractivity contribution in [2.24, 2.45) is 0 Å². The van der Waals surface area contributed by atoms with Crippen molar-refractivity contribution in [3.05, 3.63) is 34.9 Å². The number of halogens is 4. The lowest BCUT2D eigenvalue weighted by molar-refractivity contribution is -0.136. The van der Waals surface area contributed by atoms with Crippen molar-refractivity contribution in [1.29, 1.82) is 0 Å². The summed E-state index contributed by atoms with van der Waals surface area (Å²) in [5.74, 6) is 0.341. The first kappa shape index (κ1) is 14.1. The third kappa shape index (κ3) is 4.38. The van der Waals surface area contributed by atoms with Gasteiger partial charge in [-0.3, -0.25) is 0 Å². The molecule has 0 saturated carbocycles. The van der Waals surface area contributed by atoms with E-state index in [1.807, 2.05) is 18.2 Å². The summed E-state index contributed by atoms with van der Waals surface area (Å²) in [6, 6.07) is 7.42. The van der Waals surface area contributed by atoms with Gasteiger partial charge in [0.15, 0.2) is 0 Å². The maximum absolute atomic E-state index is 12.0. The molecule has 0 atom stereocenters. The van der Waals surface area contributed by atoms with Gasteiger partial charge in [0.05, 0.1) is 6.61 Å². The maximum atomic E-state index is 12.0. The molecule has 0 N–H and O–H groups in total. The Morgan fingerprint density at radius 2 is 1.95 bits per heavy atom. The Kier molecular flexibility index (Phi) is 4.29. The van der Waals surface area contributed by atoms with Crippen molar-refractivity contribution >= 4 is 26.7 Å². The number of hydrogen-bond donors (Lipinski definition) is 0. The van der Waals surface area contributed by atoms with Gasteiger partial charge in [-0.2, -0.15) is 13.2 Å². The summed E-state index contributed by atoms with van der Waals surface area (Å²) in [6.07, 6.45) is -3.40. The highest BCUT2D eigenvalue weighted by Crippen LogP contribution is 2.23. The van der Waals surface area contributed by atoms with Crippen LogP contribution in [-0.4, -0.2) is 17.8 Å². The van der Waals surface area contributed by atoms with E-state index in [1.165, 1.54) is 0 Å². The van der Waals surface area contributed by atoms with Gasteiger partial charge in [-0.05, 0) is 23.9 Å². The first-order chi connectivity index (χ1) is 8.94. The van der Waals surface area contributed by atoms with Crippen molar-refractivity contribution < 1.29 is 17.9 Å². The minimum absolute atomic E-state index is 0.00597. The van der Waals surface area contributed by atoms with Crippen LogP contribution in [-0.2, 0) is 0 Å². The quantitative estimate of drug-likeness (QED) is 0.755. The molecule has 2 nitrogen and oxygen atoms in total. The van der Waals surface area contributed by atoms with E-state index in [0.29, 0.717) is 5.88 Å². The van der Waals surface area contributed by atoms with Gasteiger partial charge in [-0.25, -0.2) is 4.98 Å². The molecular formula is C13H11BrF3NO. The second kappa shape index (κ2) is 5.77. The number of rotatable bonds is 4. The molecule has 0 fully saturated rings. The van der Waals surface area contributed by atoms with E-state index in [0.717, 1.165) is 15.2 Å². The van der Waals surface area contributed by atoms with Crippen LogP contribution < -0.4 is 4.74 Å². The Labute approximate surface area is 116 Å². The molecule has 0 spiro atoms. The van der Waals surface area contributed by atoms with Crippen molar-refractivity contribution in [3.63, 3.8) is 0 Å². The Bertz CT molecular complexity index is 571. The van der Waals surface area contributed by atoms with E-state index in [4.69, 9.17) is 4.74 Å². The second-order valence-electron chi connectivity index (χ2n) is 4.08. The summed E-state index contributed by atoms with van der Waals surface area (Å²) < 4.78 is 42.0. The molecule has 2 aromatic rings. The van der Waals surface area contributed by atoms with E-state index in [9.17, 15) is 13.2 Å². The van der Waals surface area contributed by atoms with Crippen molar-refractivity contribution in [3.8, 4) is 5.88 Å². The van der Waals surface area contributed by atoms with Gasteiger partial charge in [-0.1, -0.05) is 22.0 Å². The van der Waals surface area contributed by atoms with E-state index in [-0.39, 0.29) is 13.0 Å². The maximum Gasteiger partial charge on any atom is 0.389 e. The molecular weight excluding hydrogens is 323 g/mol. The normalized spacial score (nSPS) is 11.8. The van der Waals surface area contributed by atoms with Crippen LogP contribution >= 0.6 is 15.9 Å². The molecule has 0 radical (unpaired) electrons. The van der Waals surface area contributed by atoms with Crippen LogP contribution in [0.25, 0.3) is 10.8 Å². The summed E-state index contributed by atoms with van der Waals surface area (Å²) in [6.45, 7) is 0.00597. The first-order valence-corrected chi connectivity index (χ1v) is 6.48. The lowest BCUT2D eigenvalue weighted by atomic mass is 10.2. The third-order valence-electron chi connectivity index (χ3n) is 2.51. The summed E-state index contributed by atoms with van der Waals surface area (Å²) in [5, 5.41) is 1.88. The van der Waals surface area contributed by atoms with Gasteiger partial charge in [0, 0.05) is 28.5 Å². The van der Waals surface area contributed by atoms with Gasteiger partial charge in [0.2, 0.25) is 5.88 Å². The molecule has 0 bridgehead atoms. The van der Waals surface area contributed by atoms with Crippen LogP contribution in [0, 0.1) is 0 Å². The Morgan fingerprint density at radius 3 is 2.68 bits per heavy atom. The highest BCUT2D eigenvalue weighted by atomic mass is 79.9. The van der Waals surface area contributed by atoms with Gasteiger partial charge in [-0.15, -0.1) is 0 Å². The molecule has 0 saturated heterocycles. The van der Waals surface area contributed by atoms with Crippen LogP contribution in [0.15, 0.2) is 34.9 Å². The van der Waals surface area contributed by atoms with Crippen molar-refractivity contribution in [2.75, 3.05) is 6.61 Å². The number of nitrogens with zero attached hydrogens (tertiary/aromatic N) is 1. The Morgan fingerprint density at radius 1 is 1.16 bits per heavy atom. The highest BCUT2D eigenvalue weighted by molar-refractivity contribution is 9.10. The molecule has 2 rings (SSSR count). The average Bonchev–Trinajstić information content (AvgIpc) is 2.33. The largest absolute Gasteiger partial charge is 0.478 e. The van der Waals surface area contributed by atoms with Crippen molar-refractivity contribution in [1.82, 2.24) is 4.98 Å². The van der Waals surface area contributed by atoms with Crippen LogP contribution in [0.3, 0.4) is 0 Å². The topological polar surface area (TPSA) is 22.1 Å². The van der Waals surface area contributed by atoms with E-state index < -0.39 is 12.6 Å². The predicted octanol–water partition coefficient (Wildman–Crippen LogP) is 4.72. The third-order valence-corrected chi connectivity index (χ3v) is 3.01. The number of benzene rings is 1. The summed E-state index contributed by atoms with van der Waals surface area (Å²) in [4.78, 5) is 4.05. The predicted molar refractivity (Wildman–Crippen MR) is 70.2 cm³/mol. The van der Waals surface area contributed by atoms with Gasteiger partial charge in [0.1, 0.15) is 0 Å². The van der Waals surface area contributed by atoms with Crippen LogP contribution in [0.2, 0.25) is 0 Å². The zero-order valence-electron chi connectivity index (χ0n) is 9.88. The minimum atomic E-state index is -4.13. The minimum Gasteiger partial charge on any atom is -0.478 e. The molecule has 102 valence electrons. The van der Waals surface area contributed by atoms with Gasteiger partial charge < -0.3 is 4.74 Å². The molecule has 1 aromatic carbocycles. The summed E-state index contributed by atoms with van der Waals surface area (Å²) >= 11 is 3.36. The molecule has 1 heterocycles. The SMILES string of the molecule is FC(F)(F)CCCOc1cc2cc(Br)ccc2cn1. The Balaban J connectivity index is 1.97. The molecule has 0 amide bonds. The number of hydrogen-bond acceptors (Lipinski definition) is 2. The molecule has 6 heteroatoms. The number of aromatic nitrogens is 1. The fourth-order valence-electron chi connectivity index (χ4n) is 1.62. The fourth-order valence-corrected chi connectivity index (χ4v) is 2.00. The monoisotopic (exact) mass is 333 g/mol. The van der Waals surface area contributed by atoms with Crippen molar-refractivity contribution in [2.45, 2.75) is 19.0 Å². The lowest BCUT2D eigenvalue weighted by Crippen LogP contribution is -2.10. The second-order valence-corrected chi connectivity index (χ2v) is 5.00. The Hall–Kier alpha value is -1.30. The molecule has 0 aliphatic heterocycles. The summed E-state index contributed by atoms with van der Waals surface area (Å²) in [7, 11) is 0. The zero-order chi connectivity index (χ0) is 13.9. The molecule has 19 heavy (non-hydrogen) atoms. The standard InChI is InChI=1S/C13H11BrF3NO/c14-11-3-2-9-8-18-12(7-10(9)6-11)19-5-1-4-13(15,16)17/h2-3,6-8H,1,4-5H2. The average molecular weight is 334 g/mol. The highest BCUT2D eigenvalue weighted by Gasteiger charge is 2.26. The van der Waals surface area contributed by atoms with E-state index in [2.05, 4.69) is 20.9 Å². The number of alkyl halides is 3. The smallest absolute Gasteiger partial charge is 0.389 e. The van der Waals surface area contributed by atoms with Crippen LogP contribution in [0.4, 0.5) is 13.2 Å². The zero-order valence-corrected chi connectivity index (χ0v) is 11.5. The van der Waals surface area contributed by atoms with E-state index >= 15 is 0 Å². The van der Waals surface area contributed by atoms with Gasteiger partial charge >= 0.3 is 6.18 Å².